The first kappa shape index (κ1) is 16.3. The van der Waals surface area contributed by atoms with Gasteiger partial charge in [-0.2, -0.15) is 0 Å². The van der Waals surface area contributed by atoms with Gasteiger partial charge in [0.15, 0.2) is 0 Å². The van der Waals surface area contributed by atoms with Crippen molar-refractivity contribution < 1.29 is 9.53 Å². The van der Waals surface area contributed by atoms with E-state index in [0.717, 1.165) is 36.5 Å². The molecule has 0 radical (unpaired) electrons. The molecule has 3 rings (SSSR count). The normalized spacial score (nSPS) is 13.1. The van der Waals surface area contributed by atoms with E-state index in [1.165, 1.54) is 5.56 Å². The van der Waals surface area contributed by atoms with Gasteiger partial charge in [0.25, 0.3) is 5.56 Å². The lowest BCUT2D eigenvalue weighted by Crippen LogP contribution is -2.30. The SMILES string of the molecule is Cc1ccc(CNC(=O)Cc2ccc3c(c2)CCCO3)c(=O)n1C. The zero-order valence-electron chi connectivity index (χ0n) is 14.1. The number of carbonyl (C=O) groups is 1. The van der Waals surface area contributed by atoms with Crippen LogP contribution in [0.1, 0.15) is 28.8 Å². The van der Waals surface area contributed by atoms with E-state index in [9.17, 15) is 9.59 Å². The Morgan fingerprint density at radius 2 is 2.12 bits per heavy atom. The van der Waals surface area contributed by atoms with Crippen LogP contribution < -0.4 is 15.6 Å². The predicted octanol–water partition coefficient (Wildman–Crippen LogP) is 1.88. The summed E-state index contributed by atoms with van der Waals surface area (Å²) in [7, 11) is 1.73. The first-order valence-electron chi connectivity index (χ1n) is 8.21. The van der Waals surface area contributed by atoms with Gasteiger partial charge in [0.2, 0.25) is 5.91 Å². The monoisotopic (exact) mass is 326 g/mol. The molecule has 1 aliphatic rings. The van der Waals surface area contributed by atoms with Crippen molar-refractivity contribution in [2.75, 3.05) is 6.61 Å². The number of ether oxygens (including phenoxy) is 1. The number of fused-ring (bicyclic) bond motifs is 1. The average Bonchev–Trinajstić information content (AvgIpc) is 2.59. The second kappa shape index (κ2) is 6.91. The highest BCUT2D eigenvalue weighted by molar-refractivity contribution is 5.78. The van der Waals surface area contributed by atoms with Crippen molar-refractivity contribution in [1.82, 2.24) is 9.88 Å². The minimum Gasteiger partial charge on any atom is -0.493 e. The number of amides is 1. The standard InChI is InChI=1S/C19H22N2O3/c1-13-5-7-16(19(23)21(13)2)12-20-18(22)11-14-6-8-17-15(10-14)4-3-9-24-17/h5-8,10H,3-4,9,11-12H2,1-2H3,(H,20,22). The van der Waals surface area contributed by atoms with E-state index in [-0.39, 0.29) is 18.0 Å². The maximum absolute atomic E-state index is 12.2. The summed E-state index contributed by atoms with van der Waals surface area (Å²) in [6.45, 7) is 2.89. The molecule has 126 valence electrons. The molecule has 2 heterocycles. The van der Waals surface area contributed by atoms with Crippen LogP contribution >= 0.6 is 0 Å². The lowest BCUT2D eigenvalue weighted by molar-refractivity contribution is -0.120. The van der Waals surface area contributed by atoms with Crippen molar-refractivity contribution in [2.45, 2.75) is 32.7 Å². The van der Waals surface area contributed by atoms with Crippen molar-refractivity contribution in [1.29, 1.82) is 0 Å². The summed E-state index contributed by atoms with van der Waals surface area (Å²) in [4.78, 5) is 24.3. The van der Waals surface area contributed by atoms with Gasteiger partial charge < -0.3 is 14.6 Å². The Labute approximate surface area is 141 Å². The van der Waals surface area contributed by atoms with Gasteiger partial charge >= 0.3 is 0 Å². The Balaban J connectivity index is 1.62. The number of hydrogen-bond donors (Lipinski definition) is 1. The molecule has 24 heavy (non-hydrogen) atoms. The quantitative estimate of drug-likeness (QED) is 0.933. The third kappa shape index (κ3) is 3.50. The Morgan fingerprint density at radius 3 is 2.96 bits per heavy atom. The Bertz CT molecular complexity index is 824. The lowest BCUT2D eigenvalue weighted by Gasteiger charge is -2.17. The zero-order valence-corrected chi connectivity index (χ0v) is 14.1. The Morgan fingerprint density at radius 1 is 1.29 bits per heavy atom. The molecule has 2 aromatic rings. The number of carbonyl (C=O) groups excluding carboxylic acids is 1. The summed E-state index contributed by atoms with van der Waals surface area (Å²) >= 11 is 0. The second-order valence-corrected chi connectivity index (χ2v) is 6.21. The van der Waals surface area contributed by atoms with E-state index in [4.69, 9.17) is 4.74 Å². The molecular weight excluding hydrogens is 304 g/mol. The minimum absolute atomic E-state index is 0.0683. The van der Waals surface area contributed by atoms with Crippen molar-refractivity contribution in [3.8, 4) is 5.75 Å². The van der Waals surface area contributed by atoms with Crippen LogP contribution in [0, 0.1) is 6.92 Å². The van der Waals surface area contributed by atoms with Gasteiger partial charge in [-0.1, -0.05) is 18.2 Å². The van der Waals surface area contributed by atoms with E-state index < -0.39 is 0 Å². The van der Waals surface area contributed by atoms with Gasteiger partial charge in [0.1, 0.15) is 5.75 Å². The second-order valence-electron chi connectivity index (χ2n) is 6.21. The molecule has 0 atom stereocenters. The maximum Gasteiger partial charge on any atom is 0.255 e. The van der Waals surface area contributed by atoms with Crippen LogP contribution in [0.2, 0.25) is 0 Å². The fourth-order valence-corrected chi connectivity index (χ4v) is 2.88. The van der Waals surface area contributed by atoms with Crippen molar-refractivity contribution >= 4 is 5.91 Å². The van der Waals surface area contributed by atoms with Crippen LogP contribution in [0.3, 0.4) is 0 Å². The number of nitrogens with one attached hydrogen (secondary N) is 1. The van der Waals surface area contributed by atoms with Crippen molar-refractivity contribution in [2.24, 2.45) is 7.05 Å². The van der Waals surface area contributed by atoms with Gasteiger partial charge in [0.05, 0.1) is 13.0 Å². The average molecular weight is 326 g/mol. The smallest absolute Gasteiger partial charge is 0.255 e. The first-order chi connectivity index (χ1) is 11.5. The van der Waals surface area contributed by atoms with Gasteiger partial charge in [0, 0.05) is 24.8 Å². The summed E-state index contributed by atoms with van der Waals surface area (Å²) in [5.41, 5.74) is 3.55. The number of aromatic nitrogens is 1. The van der Waals surface area contributed by atoms with E-state index in [1.54, 1.807) is 17.7 Å². The maximum atomic E-state index is 12.2. The van der Waals surface area contributed by atoms with Crippen LogP contribution in [0.25, 0.3) is 0 Å². The number of aryl methyl sites for hydroxylation is 2. The van der Waals surface area contributed by atoms with E-state index in [2.05, 4.69) is 5.32 Å². The highest BCUT2D eigenvalue weighted by atomic mass is 16.5. The first-order valence-corrected chi connectivity index (χ1v) is 8.21. The Hall–Kier alpha value is -2.56. The summed E-state index contributed by atoms with van der Waals surface area (Å²) in [5, 5.41) is 2.83. The molecule has 1 aromatic carbocycles. The van der Waals surface area contributed by atoms with Gasteiger partial charge in [-0.3, -0.25) is 9.59 Å². The molecular formula is C19H22N2O3. The molecule has 5 nitrogen and oxygen atoms in total. The van der Waals surface area contributed by atoms with Crippen LogP contribution in [-0.4, -0.2) is 17.1 Å². The third-order valence-electron chi connectivity index (χ3n) is 4.45. The van der Waals surface area contributed by atoms with Crippen LogP contribution in [0.5, 0.6) is 5.75 Å². The highest BCUT2D eigenvalue weighted by Crippen LogP contribution is 2.25. The summed E-state index contributed by atoms with van der Waals surface area (Å²) < 4.78 is 7.17. The van der Waals surface area contributed by atoms with Gasteiger partial charge in [-0.25, -0.2) is 0 Å². The van der Waals surface area contributed by atoms with E-state index in [0.29, 0.717) is 12.0 Å². The van der Waals surface area contributed by atoms with Crippen LogP contribution in [-0.2, 0) is 31.2 Å². The predicted molar refractivity (Wildman–Crippen MR) is 92.2 cm³/mol. The molecule has 0 saturated heterocycles. The number of rotatable bonds is 4. The lowest BCUT2D eigenvalue weighted by atomic mass is 10.0. The number of pyridine rings is 1. The van der Waals surface area contributed by atoms with Crippen LogP contribution in [0.4, 0.5) is 0 Å². The number of benzene rings is 1. The van der Waals surface area contributed by atoms with E-state index in [1.807, 2.05) is 31.2 Å². The molecule has 0 unspecified atom stereocenters. The molecule has 1 amide bonds. The van der Waals surface area contributed by atoms with Crippen molar-refractivity contribution in [3.63, 3.8) is 0 Å². The molecule has 1 aliphatic heterocycles. The van der Waals surface area contributed by atoms with Crippen LogP contribution in [0.15, 0.2) is 35.1 Å². The molecule has 1 aromatic heterocycles. The van der Waals surface area contributed by atoms with E-state index >= 15 is 0 Å². The largest absolute Gasteiger partial charge is 0.493 e. The fourth-order valence-electron chi connectivity index (χ4n) is 2.88. The third-order valence-corrected chi connectivity index (χ3v) is 4.45. The molecule has 0 spiro atoms. The number of hydrogen-bond acceptors (Lipinski definition) is 3. The topological polar surface area (TPSA) is 60.3 Å². The van der Waals surface area contributed by atoms with Gasteiger partial charge in [-0.15, -0.1) is 0 Å². The summed E-state index contributed by atoms with van der Waals surface area (Å²) in [6, 6.07) is 9.56. The van der Waals surface area contributed by atoms with Crippen molar-refractivity contribution in [3.05, 3.63) is 63.1 Å². The molecule has 5 heteroatoms. The molecule has 0 saturated carbocycles. The Kier molecular flexibility index (Phi) is 4.69. The van der Waals surface area contributed by atoms with Gasteiger partial charge in [-0.05, 0) is 43.0 Å². The minimum atomic E-state index is -0.0886. The summed E-state index contributed by atoms with van der Waals surface area (Å²) in [6.07, 6.45) is 2.31. The zero-order chi connectivity index (χ0) is 17.1. The molecule has 0 fully saturated rings. The molecule has 1 N–H and O–H groups in total. The number of nitrogens with zero attached hydrogens (tertiary/aromatic N) is 1. The fraction of sp³-hybridized carbons (Fsp3) is 0.368. The molecule has 0 aliphatic carbocycles. The molecule has 0 bridgehead atoms. The highest BCUT2D eigenvalue weighted by Gasteiger charge is 2.12. The summed E-state index contributed by atoms with van der Waals surface area (Å²) in [5.74, 6) is 0.836.